The number of carbonyl (C=O) groups is 4. The fourth-order valence-electron chi connectivity index (χ4n) is 2.50. The quantitative estimate of drug-likeness (QED) is 0.242. The van der Waals surface area contributed by atoms with Crippen molar-refractivity contribution in [3.63, 3.8) is 0 Å². The maximum absolute atomic E-state index is 12.2. The Balaban J connectivity index is 3.38. The summed E-state index contributed by atoms with van der Waals surface area (Å²) in [4.78, 5) is 47.3. The third kappa shape index (κ3) is 7.95. The van der Waals surface area contributed by atoms with E-state index in [2.05, 4.69) is 14.8 Å². The number of rotatable bonds is 9. The molecular formula is C20H27NO11. The van der Waals surface area contributed by atoms with Crippen molar-refractivity contribution >= 4 is 24.4 Å². The fraction of sp³-hybridized carbons (Fsp3) is 0.500. The van der Waals surface area contributed by atoms with Crippen LogP contribution < -0.4 is 14.8 Å². The molecule has 0 aliphatic rings. The molecule has 1 atom stereocenters. The molecular weight excluding hydrogens is 430 g/mol. The van der Waals surface area contributed by atoms with Crippen molar-refractivity contribution in [3.05, 3.63) is 23.8 Å². The standard InChI is InChI=1S/C20H27NO11/c1-11(2)21-20(16(22)23,32-19(26)29-12(3)4)10-13-7-8-14(30-17(24)27-5)15(9-13)31-18(25)28-6/h7-9,11-12,21H,10H2,1-6H3,(H,22,23)/t20-/m0/s1. The molecule has 1 aromatic rings. The van der Waals surface area contributed by atoms with Gasteiger partial charge in [0.05, 0.1) is 20.3 Å². The van der Waals surface area contributed by atoms with Crippen molar-refractivity contribution < 1.29 is 52.7 Å². The summed E-state index contributed by atoms with van der Waals surface area (Å²) in [5.74, 6) is -1.94. The first-order valence-electron chi connectivity index (χ1n) is 9.47. The second kappa shape index (κ2) is 11.7. The second-order valence-corrected chi connectivity index (χ2v) is 7.02. The van der Waals surface area contributed by atoms with Gasteiger partial charge >= 0.3 is 24.4 Å². The van der Waals surface area contributed by atoms with Gasteiger partial charge in [-0.1, -0.05) is 6.07 Å². The van der Waals surface area contributed by atoms with E-state index < -0.39 is 48.7 Å². The molecule has 2 N–H and O–H groups in total. The predicted molar refractivity (Wildman–Crippen MR) is 108 cm³/mol. The van der Waals surface area contributed by atoms with Gasteiger partial charge in [0.25, 0.3) is 5.72 Å². The molecule has 0 fully saturated rings. The molecule has 0 amide bonds. The van der Waals surface area contributed by atoms with Gasteiger partial charge in [0.2, 0.25) is 0 Å². The zero-order valence-electron chi connectivity index (χ0n) is 18.6. The van der Waals surface area contributed by atoms with Gasteiger partial charge in [-0.05, 0) is 45.4 Å². The van der Waals surface area contributed by atoms with E-state index in [-0.39, 0.29) is 17.1 Å². The first-order valence-corrected chi connectivity index (χ1v) is 9.47. The Morgan fingerprint density at radius 3 is 1.97 bits per heavy atom. The van der Waals surface area contributed by atoms with Gasteiger partial charge in [0.15, 0.2) is 11.5 Å². The van der Waals surface area contributed by atoms with Gasteiger partial charge < -0.3 is 33.5 Å². The van der Waals surface area contributed by atoms with Crippen molar-refractivity contribution in [2.24, 2.45) is 0 Å². The number of aliphatic carboxylic acids is 1. The molecule has 0 aliphatic heterocycles. The lowest BCUT2D eigenvalue weighted by Gasteiger charge is -2.32. The maximum Gasteiger partial charge on any atom is 0.513 e. The van der Waals surface area contributed by atoms with Crippen LogP contribution in [0.25, 0.3) is 0 Å². The molecule has 0 aromatic heterocycles. The Morgan fingerprint density at radius 2 is 1.50 bits per heavy atom. The number of methoxy groups -OCH3 is 2. The van der Waals surface area contributed by atoms with Crippen LogP contribution in [-0.4, -0.2) is 61.6 Å². The summed E-state index contributed by atoms with van der Waals surface area (Å²) in [6.45, 7) is 6.48. The molecule has 12 nitrogen and oxygen atoms in total. The van der Waals surface area contributed by atoms with E-state index in [0.717, 1.165) is 14.2 Å². The number of ether oxygens (including phenoxy) is 6. The maximum atomic E-state index is 12.2. The Morgan fingerprint density at radius 1 is 0.938 bits per heavy atom. The average molecular weight is 457 g/mol. The number of nitrogens with one attached hydrogen (secondary N) is 1. The summed E-state index contributed by atoms with van der Waals surface area (Å²) >= 11 is 0. The summed E-state index contributed by atoms with van der Waals surface area (Å²) in [7, 11) is 2.16. The molecule has 0 saturated heterocycles. The van der Waals surface area contributed by atoms with Crippen molar-refractivity contribution in [3.8, 4) is 11.5 Å². The van der Waals surface area contributed by atoms with Crippen LogP contribution >= 0.6 is 0 Å². The molecule has 0 aliphatic carbocycles. The third-order valence-electron chi connectivity index (χ3n) is 3.64. The molecule has 1 rings (SSSR count). The van der Waals surface area contributed by atoms with Crippen LogP contribution in [0.5, 0.6) is 11.5 Å². The largest absolute Gasteiger partial charge is 0.513 e. The van der Waals surface area contributed by atoms with Gasteiger partial charge in [-0.25, -0.2) is 19.2 Å². The second-order valence-electron chi connectivity index (χ2n) is 7.02. The lowest BCUT2D eigenvalue weighted by Crippen LogP contribution is -2.59. The zero-order valence-corrected chi connectivity index (χ0v) is 18.6. The minimum atomic E-state index is -2.21. The molecule has 0 spiro atoms. The smallest absolute Gasteiger partial charge is 0.477 e. The highest BCUT2D eigenvalue weighted by Gasteiger charge is 2.44. The Bertz CT molecular complexity index is 837. The number of hydrogen-bond acceptors (Lipinski definition) is 11. The normalized spacial score (nSPS) is 12.5. The van der Waals surface area contributed by atoms with Crippen LogP contribution in [0.3, 0.4) is 0 Å². The molecule has 0 saturated carbocycles. The SMILES string of the molecule is COC(=O)Oc1ccc(C[C@](NC(C)C)(OC(=O)OC(C)C)C(=O)O)cc1OC(=O)OC. The number of carbonyl (C=O) groups excluding carboxylic acids is 3. The first kappa shape index (κ1) is 26.5. The van der Waals surface area contributed by atoms with Crippen LogP contribution in [0.4, 0.5) is 14.4 Å². The van der Waals surface area contributed by atoms with Gasteiger partial charge in [-0.3, -0.25) is 5.32 Å². The van der Waals surface area contributed by atoms with Gasteiger partial charge in [0.1, 0.15) is 0 Å². The minimum Gasteiger partial charge on any atom is -0.477 e. The van der Waals surface area contributed by atoms with E-state index in [1.165, 1.54) is 18.2 Å². The summed E-state index contributed by atoms with van der Waals surface area (Å²) in [6.07, 6.45) is -4.31. The van der Waals surface area contributed by atoms with Crippen molar-refractivity contribution in [2.75, 3.05) is 14.2 Å². The predicted octanol–water partition coefficient (Wildman–Crippen LogP) is 2.86. The van der Waals surface area contributed by atoms with Crippen LogP contribution in [0.2, 0.25) is 0 Å². The topological polar surface area (TPSA) is 156 Å². The molecule has 0 bridgehead atoms. The van der Waals surface area contributed by atoms with E-state index in [4.69, 9.17) is 18.9 Å². The zero-order chi connectivity index (χ0) is 24.5. The van der Waals surface area contributed by atoms with Crippen LogP contribution in [-0.2, 0) is 30.2 Å². The molecule has 0 radical (unpaired) electrons. The minimum absolute atomic E-state index is 0.191. The monoisotopic (exact) mass is 457 g/mol. The third-order valence-corrected chi connectivity index (χ3v) is 3.64. The molecule has 1 aromatic carbocycles. The molecule has 178 valence electrons. The Hall–Kier alpha value is -3.54. The van der Waals surface area contributed by atoms with Crippen LogP contribution in [0, 0.1) is 0 Å². The Labute approximate surface area is 184 Å². The van der Waals surface area contributed by atoms with Gasteiger partial charge in [-0.2, -0.15) is 0 Å². The number of carboxylic acid groups (broad SMARTS) is 1. The van der Waals surface area contributed by atoms with Gasteiger partial charge in [-0.15, -0.1) is 0 Å². The number of benzene rings is 1. The van der Waals surface area contributed by atoms with E-state index in [9.17, 15) is 24.3 Å². The molecule has 0 heterocycles. The fourth-order valence-corrected chi connectivity index (χ4v) is 2.50. The van der Waals surface area contributed by atoms with Crippen LogP contribution in [0.15, 0.2) is 18.2 Å². The van der Waals surface area contributed by atoms with E-state index in [0.29, 0.717) is 0 Å². The summed E-state index contributed by atoms with van der Waals surface area (Å²) in [5.41, 5.74) is -1.97. The van der Waals surface area contributed by atoms with Gasteiger partial charge in [0, 0.05) is 12.5 Å². The number of carboxylic acids is 1. The lowest BCUT2D eigenvalue weighted by molar-refractivity contribution is -0.167. The molecule has 0 unspecified atom stereocenters. The first-order chi connectivity index (χ1) is 14.9. The highest BCUT2D eigenvalue weighted by atomic mass is 16.8. The number of hydrogen-bond donors (Lipinski definition) is 2. The molecule has 32 heavy (non-hydrogen) atoms. The van der Waals surface area contributed by atoms with E-state index >= 15 is 0 Å². The van der Waals surface area contributed by atoms with E-state index in [1.54, 1.807) is 27.7 Å². The summed E-state index contributed by atoms with van der Waals surface area (Å²) in [5, 5.41) is 12.6. The summed E-state index contributed by atoms with van der Waals surface area (Å²) < 4.78 is 28.8. The average Bonchev–Trinajstić information content (AvgIpc) is 2.68. The van der Waals surface area contributed by atoms with Crippen molar-refractivity contribution in [2.45, 2.75) is 52.0 Å². The highest BCUT2D eigenvalue weighted by molar-refractivity contribution is 5.80. The lowest BCUT2D eigenvalue weighted by atomic mass is 10.0. The van der Waals surface area contributed by atoms with E-state index in [1.807, 2.05) is 0 Å². The van der Waals surface area contributed by atoms with Crippen LogP contribution in [0.1, 0.15) is 33.3 Å². The summed E-state index contributed by atoms with van der Waals surface area (Å²) in [6, 6.07) is 3.45. The highest BCUT2D eigenvalue weighted by Crippen LogP contribution is 2.31. The Kier molecular flexibility index (Phi) is 9.72. The van der Waals surface area contributed by atoms with Crippen molar-refractivity contribution in [1.82, 2.24) is 5.32 Å². The van der Waals surface area contributed by atoms with Crippen molar-refractivity contribution in [1.29, 1.82) is 0 Å². The molecule has 12 heteroatoms.